The molecular formula is C11H22O7Si. The molecule has 7 nitrogen and oxygen atoms in total. The Bertz CT molecular complexity index is 262. The molecule has 0 unspecified atom stereocenters. The van der Waals surface area contributed by atoms with Crippen molar-refractivity contribution in [3.8, 4) is 0 Å². The molecule has 0 spiro atoms. The van der Waals surface area contributed by atoms with E-state index < -0.39 is 26.7 Å². The molecule has 0 radical (unpaired) electrons. The fraction of sp³-hybridized carbons (Fsp3) is 0.818. The van der Waals surface area contributed by atoms with Crippen LogP contribution in [-0.2, 0) is 32.3 Å². The summed E-state index contributed by atoms with van der Waals surface area (Å²) in [6.45, 7) is 8.51. The van der Waals surface area contributed by atoms with E-state index in [0.29, 0.717) is 0 Å². The van der Waals surface area contributed by atoms with Crippen LogP contribution >= 0.6 is 0 Å². The Morgan fingerprint density at radius 2 is 1.16 bits per heavy atom. The monoisotopic (exact) mass is 294 g/mol. The van der Waals surface area contributed by atoms with Crippen molar-refractivity contribution >= 4 is 20.7 Å². The lowest BCUT2D eigenvalue weighted by Crippen LogP contribution is -2.59. The van der Waals surface area contributed by atoms with Gasteiger partial charge in [-0.25, -0.2) is 0 Å². The molecule has 0 aliphatic rings. The third-order valence-electron chi connectivity index (χ3n) is 1.87. The van der Waals surface area contributed by atoms with E-state index in [1.807, 2.05) is 0 Å². The van der Waals surface area contributed by atoms with E-state index >= 15 is 0 Å². The summed E-state index contributed by atoms with van der Waals surface area (Å²) in [5, 5.41) is 0. The number of esters is 2. The SMILES string of the molecule is CCO[Si](OCC)(OCC)C(OC(C)=O)OC(C)=O. The number of rotatable bonds is 9. The van der Waals surface area contributed by atoms with Gasteiger partial charge in [-0.2, -0.15) is 0 Å². The van der Waals surface area contributed by atoms with Crippen molar-refractivity contribution in [2.24, 2.45) is 0 Å². The average Bonchev–Trinajstić information content (AvgIpc) is 2.27. The lowest BCUT2D eigenvalue weighted by Gasteiger charge is -2.33. The minimum atomic E-state index is -3.44. The summed E-state index contributed by atoms with van der Waals surface area (Å²) >= 11 is 0. The second kappa shape index (κ2) is 9.02. The van der Waals surface area contributed by atoms with Crippen molar-refractivity contribution in [2.75, 3.05) is 19.8 Å². The number of carbonyl (C=O) groups is 2. The molecule has 0 heterocycles. The van der Waals surface area contributed by atoms with Gasteiger partial charge in [-0.05, 0) is 20.8 Å². The maximum atomic E-state index is 11.1. The highest BCUT2D eigenvalue weighted by Gasteiger charge is 2.55. The Kier molecular flexibility index (Phi) is 8.57. The number of hydrogen-bond donors (Lipinski definition) is 0. The fourth-order valence-electron chi connectivity index (χ4n) is 1.40. The third-order valence-corrected chi connectivity index (χ3v) is 4.76. The molecule has 0 fully saturated rings. The van der Waals surface area contributed by atoms with Crippen LogP contribution in [0.4, 0.5) is 0 Å². The van der Waals surface area contributed by atoms with Crippen LogP contribution in [0.1, 0.15) is 34.6 Å². The quantitative estimate of drug-likeness (QED) is 0.357. The lowest BCUT2D eigenvalue weighted by molar-refractivity contribution is -0.183. The molecule has 0 aromatic heterocycles. The molecule has 0 aromatic rings. The van der Waals surface area contributed by atoms with Gasteiger partial charge in [0.25, 0.3) is 0 Å². The standard InChI is InChI=1S/C11H22O7Si/c1-6-14-19(15-7-2,16-8-3)11(17-9(4)12)18-10(5)13/h11H,6-8H2,1-5H3. The highest BCUT2D eigenvalue weighted by Crippen LogP contribution is 2.20. The predicted molar refractivity (Wildman–Crippen MR) is 68.0 cm³/mol. The molecule has 0 N–H and O–H groups in total. The highest BCUT2D eigenvalue weighted by atomic mass is 28.4. The van der Waals surface area contributed by atoms with Gasteiger partial charge in [-0.3, -0.25) is 9.59 Å². The molecule has 0 rings (SSSR count). The zero-order valence-electron chi connectivity index (χ0n) is 12.1. The second-order valence-electron chi connectivity index (χ2n) is 3.45. The van der Waals surface area contributed by atoms with Gasteiger partial charge in [0.15, 0.2) is 0 Å². The first kappa shape index (κ1) is 18.0. The minimum absolute atomic E-state index is 0.283. The zero-order chi connectivity index (χ0) is 14.9. The molecule has 112 valence electrons. The first-order valence-corrected chi connectivity index (χ1v) is 7.98. The molecule has 0 saturated heterocycles. The zero-order valence-corrected chi connectivity index (χ0v) is 13.1. The van der Waals surface area contributed by atoms with Crippen LogP contribution in [-0.4, -0.2) is 46.5 Å². The molecular weight excluding hydrogens is 272 g/mol. The molecule has 0 amide bonds. The first-order valence-electron chi connectivity index (χ1n) is 6.18. The van der Waals surface area contributed by atoms with E-state index in [9.17, 15) is 9.59 Å². The Labute approximate surface area is 114 Å². The van der Waals surface area contributed by atoms with Gasteiger partial charge in [0, 0.05) is 33.7 Å². The Morgan fingerprint density at radius 3 is 1.37 bits per heavy atom. The highest BCUT2D eigenvalue weighted by molar-refractivity contribution is 6.62. The Hall–Kier alpha value is -0.963. The number of hydrogen-bond acceptors (Lipinski definition) is 7. The smallest absolute Gasteiger partial charge is 0.420 e. The number of ether oxygens (including phenoxy) is 2. The van der Waals surface area contributed by atoms with E-state index in [1.165, 1.54) is 13.8 Å². The van der Waals surface area contributed by atoms with E-state index in [2.05, 4.69) is 0 Å². The summed E-state index contributed by atoms with van der Waals surface area (Å²) in [5.41, 5.74) is 0. The average molecular weight is 294 g/mol. The van der Waals surface area contributed by atoms with Gasteiger partial charge in [-0.1, -0.05) is 0 Å². The van der Waals surface area contributed by atoms with Crippen LogP contribution in [0.5, 0.6) is 0 Å². The normalized spacial score (nSPS) is 11.5. The summed E-state index contributed by atoms with van der Waals surface area (Å²) < 4.78 is 26.5. The van der Waals surface area contributed by atoms with Crippen molar-refractivity contribution in [3.05, 3.63) is 0 Å². The van der Waals surface area contributed by atoms with Gasteiger partial charge in [0.05, 0.1) is 0 Å². The second-order valence-corrected chi connectivity index (χ2v) is 6.00. The first-order chi connectivity index (χ1) is 8.91. The molecule has 0 atom stereocenters. The maximum absolute atomic E-state index is 11.1. The van der Waals surface area contributed by atoms with Crippen LogP contribution in [0.3, 0.4) is 0 Å². The maximum Gasteiger partial charge on any atom is 0.587 e. The third kappa shape index (κ3) is 6.15. The van der Waals surface area contributed by atoms with E-state index in [-0.39, 0.29) is 19.8 Å². The topological polar surface area (TPSA) is 80.3 Å². The van der Waals surface area contributed by atoms with Crippen molar-refractivity contribution in [1.29, 1.82) is 0 Å². The fourth-order valence-corrected chi connectivity index (χ4v) is 3.89. The van der Waals surface area contributed by atoms with Crippen LogP contribution < -0.4 is 0 Å². The van der Waals surface area contributed by atoms with Crippen molar-refractivity contribution in [3.63, 3.8) is 0 Å². The van der Waals surface area contributed by atoms with Crippen LogP contribution in [0.25, 0.3) is 0 Å². The minimum Gasteiger partial charge on any atom is -0.420 e. The summed E-state index contributed by atoms with van der Waals surface area (Å²) in [5.74, 6) is -2.51. The summed E-state index contributed by atoms with van der Waals surface area (Å²) in [7, 11) is -3.44. The molecule has 0 saturated carbocycles. The molecule has 8 heteroatoms. The lowest BCUT2D eigenvalue weighted by atomic mass is 10.8. The van der Waals surface area contributed by atoms with Crippen LogP contribution in [0, 0.1) is 0 Å². The molecule has 0 bridgehead atoms. The van der Waals surface area contributed by atoms with E-state index in [1.54, 1.807) is 20.8 Å². The Morgan fingerprint density at radius 1 is 0.842 bits per heavy atom. The predicted octanol–water partition coefficient (Wildman–Crippen LogP) is 1.03. The summed E-state index contributed by atoms with van der Waals surface area (Å²) in [6, 6.07) is 0. The summed E-state index contributed by atoms with van der Waals surface area (Å²) in [6.07, 6.45) is 0. The van der Waals surface area contributed by atoms with Crippen LogP contribution in [0.15, 0.2) is 0 Å². The molecule has 0 aromatic carbocycles. The van der Waals surface area contributed by atoms with Crippen LogP contribution in [0.2, 0.25) is 0 Å². The Balaban J connectivity index is 5.26. The van der Waals surface area contributed by atoms with Gasteiger partial charge in [0.2, 0.25) is 0 Å². The molecule has 19 heavy (non-hydrogen) atoms. The van der Waals surface area contributed by atoms with Crippen molar-refractivity contribution < 1.29 is 32.3 Å². The number of carbonyl (C=O) groups excluding carboxylic acids is 2. The van der Waals surface area contributed by atoms with E-state index in [0.717, 1.165) is 0 Å². The van der Waals surface area contributed by atoms with E-state index in [4.69, 9.17) is 22.8 Å². The molecule has 0 aliphatic heterocycles. The van der Waals surface area contributed by atoms with Gasteiger partial charge in [-0.15, -0.1) is 0 Å². The van der Waals surface area contributed by atoms with Crippen molar-refractivity contribution in [2.45, 2.75) is 40.5 Å². The largest absolute Gasteiger partial charge is 0.587 e. The van der Waals surface area contributed by atoms with Crippen molar-refractivity contribution in [1.82, 2.24) is 0 Å². The van der Waals surface area contributed by atoms with Gasteiger partial charge < -0.3 is 22.8 Å². The molecule has 0 aliphatic carbocycles. The van der Waals surface area contributed by atoms with Gasteiger partial charge in [0.1, 0.15) is 0 Å². The van der Waals surface area contributed by atoms with Gasteiger partial charge >= 0.3 is 26.7 Å². The summed E-state index contributed by atoms with van der Waals surface area (Å²) in [4.78, 5) is 22.3.